The van der Waals surface area contributed by atoms with E-state index < -0.39 is 12.0 Å². The van der Waals surface area contributed by atoms with E-state index in [1.165, 1.54) is 0 Å². The fraction of sp³-hybridized carbons (Fsp3) is 0.800. The molecule has 2 heterocycles. The number of carboxylic acids is 1. The number of hydrogen-bond donors (Lipinski definition) is 1. The van der Waals surface area contributed by atoms with Gasteiger partial charge in [0.2, 0.25) is 5.91 Å². The molecule has 84 valence electrons. The average Bonchev–Trinajstić information content (AvgIpc) is 2.78. The van der Waals surface area contributed by atoms with Gasteiger partial charge in [-0.3, -0.25) is 4.79 Å². The highest BCUT2D eigenvalue weighted by Gasteiger charge is 2.37. The lowest BCUT2D eigenvalue weighted by atomic mass is 10.1. The Balaban J connectivity index is 1.97. The molecule has 4 nitrogen and oxygen atoms in total. The van der Waals surface area contributed by atoms with E-state index in [0.29, 0.717) is 25.3 Å². The summed E-state index contributed by atoms with van der Waals surface area (Å²) in [5.74, 6) is 1.87. The summed E-state index contributed by atoms with van der Waals surface area (Å²) in [5.41, 5.74) is 0. The lowest BCUT2D eigenvalue weighted by Crippen LogP contribution is -2.41. The fourth-order valence-electron chi connectivity index (χ4n) is 2.22. The maximum absolute atomic E-state index is 11.5. The maximum atomic E-state index is 11.5. The number of amides is 1. The predicted molar refractivity (Wildman–Crippen MR) is 57.8 cm³/mol. The van der Waals surface area contributed by atoms with Crippen LogP contribution in [0.15, 0.2) is 0 Å². The van der Waals surface area contributed by atoms with Crippen LogP contribution in [0.5, 0.6) is 0 Å². The molecule has 0 aromatic carbocycles. The summed E-state index contributed by atoms with van der Waals surface area (Å²) >= 11 is 1.89. The van der Waals surface area contributed by atoms with Gasteiger partial charge in [0.25, 0.3) is 0 Å². The van der Waals surface area contributed by atoms with Gasteiger partial charge in [0.05, 0.1) is 0 Å². The molecule has 2 unspecified atom stereocenters. The topological polar surface area (TPSA) is 57.6 Å². The van der Waals surface area contributed by atoms with Gasteiger partial charge in [-0.2, -0.15) is 11.8 Å². The maximum Gasteiger partial charge on any atom is 0.326 e. The Kier molecular flexibility index (Phi) is 3.19. The Hall–Kier alpha value is -0.710. The van der Waals surface area contributed by atoms with Gasteiger partial charge < -0.3 is 10.0 Å². The third kappa shape index (κ3) is 2.27. The van der Waals surface area contributed by atoms with Crippen LogP contribution in [-0.2, 0) is 9.59 Å². The molecule has 0 spiro atoms. The highest BCUT2D eigenvalue weighted by Crippen LogP contribution is 2.27. The van der Waals surface area contributed by atoms with E-state index >= 15 is 0 Å². The first-order chi connectivity index (χ1) is 7.18. The molecule has 0 aromatic rings. The standard InChI is InChI=1S/C10H15NO3S/c12-9-2-1-8(10(13)14)11(9)5-7-3-4-15-6-7/h7-8H,1-6H2,(H,13,14). The molecular formula is C10H15NO3S. The zero-order valence-corrected chi connectivity index (χ0v) is 9.33. The number of likely N-dealkylation sites (tertiary alicyclic amines) is 1. The van der Waals surface area contributed by atoms with Crippen LogP contribution in [-0.4, -0.2) is 46.0 Å². The van der Waals surface area contributed by atoms with Gasteiger partial charge >= 0.3 is 5.97 Å². The molecule has 0 saturated carbocycles. The van der Waals surface area contributed by atoms with Crippen LogP contribution in [0, 0.1) is 5.92 Å². The Morgan fingerprint density at radius 3 is 2.93 bits per heavy atom. The monoisotopic (exact) mass is 229 g/mol. The Morgan fingerprint density at radius 2 is 2.33 bits per heavy atom. The van der Waals surface area contributed by atoms with Crippen molar-refractivity contribution in [2.75, 3.05) is 18.1 Å². The smallest absolute Gasteiger partial charge is 0.326 e. The zero-order valence-electron chi connectivity index (χ0n) is 8.52. The number of aliphatic carboxylic acids is 1. The second kappa shape index (κ2) is 4.43. The number of hydrogen-bond acceptors (Lipinski definition) is 3. The van der Waals surface area contributed by atoms with Gasteiger partial charge in [-0.1, -0.05) is 0 Å². The van der Waals surface area contributed by atoms with Gasteiger partial charge in [-0.05, 0) is 30.3 Å². The molecule has 0 radical (unpaired) electrons. The van der Waals surface area contributed by atoms with Gasteiger partial charge in [-0.15, -0.1) is 0 Å². The Morgan fingerprint density at radius 1 is 1.53 bits per heavy atom. The summed E-state index contributed by atoms with van der Waals surface area (Å²) in [4.78, 5) is 24.0. The molecule has 2 aliphatic heterocycles. The minimum atomic E-state index is -0.855. The van der Waals surface area contributed by atoms with Crippen molar-refractivity contribution in [1.82, 2.24) is 4.90 Å². The SMILES string of the molecule is O=C(O)C1CCC(=O)N1CC1CCSC1. The van der Waals surface area contributed by atoms with Crippen molar-refractivity contribution in [3.05, 3.63) is 0 Å². The predicted octanol–water partition coefficient (Wildman–Crippen LogP) is 0.815. The van der Waals surface area contributed by atoms with Gasteiger partial charge in [0.15, 0.2) is 0 Å². The second-order valence-corrected chi connectivity index (χ2v) is 5.32. The highest BCUT2D eigenvalue weighted by atomic mass is 32.2. The summed E-state index contributed by atoms with van der Waals surface area (Å²) in [6, 6.07) is -0.567. The van der Waals surface area contributed by atoms with Gasteiger partial charge in [0, 0.05) is 13.0 Å². The van der Waals surface area contributed by atoms with Crippen LogP contribution in [0.3, 0.4) is 0 Å². The molecule has 0 bridgehead atoms. The van der Waals surface area contributed by atoms with Crippen molar-refractivity contribution in [1.29, 1.82) is 0 Å². The largest absolute Gasteiger partial charge is 0.480 e. The first-order valence-corrected chi connectivity index (χ1v) is 6.44. The number of carboxylic acid groups (broad SMARTS) is 1. The molecule has 1 N–H and O–H groups in total. The quantitative estimate of drug-likeness (QED) is 0.778. The molecule has 2 fully saturated rings. The van der Waals surface area contributed by atoms with E-state index in [-0.39, 0.29) is 5.91 Å². The normalized spacial score (nSPS) is 31.2. The molecule has 5 heteroatoms. The summed E-state index contributed by atoms with van der Waals surface area (Å²) in [6.07, 6.45) is 1.99. The van der Waals surface area contributed by atoms with Crippen molar-refractivity contribution in [3.8, 4) is 0 Å². The second-order valence-electron chi connectivity index (χ2n) is 4.17. The van der Waals surface area contributed by atoms with Crippen LogP contribution in [0.4, 0.5) is 0 Å². The fourth-order valence-corrected chi connectivity index (χ4v) is 3.50. The van der Waals surface area contributed by atoms with Crippen molar-refractivity contribution in [2.24, 2.45) is 5.92 Å². The number of nitrogens with zero attached hydrogens (tertiary/aromatic N) is 1. The number of rotatable bonds is 3. The minimum Gasteiger partial charge on any atom is -0.480 e. The van der Waals surface area contributed by atoms with E-state index in [9.17, 15) is 9.59 Å². The Bertz CT molecular complexity index is 276. The lowest BCUT2D eigenvalue weighted by molar-refractivity contribution is -0.146. The van der Waals surface area contributed by atoms with E-state index in [1.807, 2.05) is 11.8 Å². The molecule has 2 aliphatic rings. The molecular weight excluding hydrogens is 214 g/mol. The first kappa shape index (κ1) is 10.8. The summed E-state index contributed by atoms with van der Waals surface area (Å²) in [5, 5.41) is 8.98. The summed E-state index contributed by atoms with van der Waals surface area (Å²) < 4.78 is 0. The zero-order chi connectivity index (χ0) is 10.8. The van der Waals surface area contributed by atoms with E-state index in [2.05, 4.69) is 0 Å². The highest BCUT2D eigenvalue weighted by molar-refractivity contribution is 7.99. The van der Waals surface area contributed by atoms with E-state index in [4.69, 9.17) is 5.11 Å². The third-order valence-electron chi connectivity index (χ3n) is 3.09. The van der Waals surface area contributed by atoms with Crippen molar-refractivity contribution in [3.63, 3.8) is 0 Å². The van der Waals surface area contributed by atoms with Crippen molar-refractivity contribution < 1.29 is 14.7 Å². The third-order valence-corrected chi connectivity index (χ3v) is 4.32. The van der Waals surface area contributed by atoms with Crippen LogP contribution >= 0.6 is 11.8 Å². The number of thioether (sulfide) groups is 1. The summed E-state index contributed by atoms with van der Waals surface area (Å²) in [7, 11) is 0. The van der Waals surface area contributed by atoms with Crippen molar-refractivity contribution in [2.45, 2.75) is 25.3 Å². The summed E-state index contributed by atoms with van der Waals surface area (Å²) in [6.45, 7) is 0.642. The van der Waals surface area contributed by atoms with Crippen LogP contribution in [0.2, 0.25) is 0 Å². The molecule has 0 aromatic heterocycles. The minimum absolute atomic E-state index is 0.0132. The van der Waals surface area contributed by atoms with E-state index in [1.54, 1.807) is 4.90 Å². The van der Waals surface area contributed by atoms with Gasteiger partial charge in [0.1, 0.15) is 6.04 Å². The molecule has 0 aliphatic carbocycles. The van der Waals surface area contributed by atoms with Crippen LogP contribution < -0.4 is 0 Å². The van der Waals surface area contributed by atoms with Crippen molar-refractivity contribution >= 4 is 23.6 Å². The number of carbonyl (C=O) groups excluding carboxylic acids is 1. The number of carbonyl (C=O) groups is 2. The lowest BCUT2D eigenvalue weighted by Gasteiger charge is -2.24. The molecule has 2 rings (SSSR count). The molecule has 2 saturated heterocycles. The molecule has 15 heavy (non-hydrogen) atoms. The van der Waals surface area contributed by atoms with Crippen LogP contribution in [0.1, 0.15) is 19.3 Å². The Labute approximate surface area is 93.0 Å². The van der Waals surface area contributed by atoms with E-state index in [0.717, 1.165) is 17.9 Å². The van der Waals surface area contributed by atoms with Crippen LogP contribution in [0.25, 0.3) is 0 Å². The first-order valence-electron chi connectivity index (χ1n) is 5.28. The molecule has 2 atom stereocenters. The average molecular weight is 229 g/mol. The molecule has 1 amide bonds. The van der Waals surface area contributed by atoms with Gasteiger partial charge in [-0.25, -0.2) is 4.79 Å².